The molecule has 1 aromatic rings. The summed E-state index contributed by atoms with van der Waals surface area (Å²) >= 11 is 11.1. The van der Waals surface area contributed by atoms with Gasteiger partial charge in [-0.25, -0.2) is 0 Å². The van der Waals surface area contributed by atoms with Gasteiger partial charge >= 0.3 is 0 Å². The van der Waals surface area contributed by atoms with Crippen LogP contribution in [0.3, 0.4) is 0 Å². The van der Waals surface area contributed by atoms with Crippen molar-refractivity contribution in [3.63, 3.8) is 0 Å². The van der Waals surface area contributed by atoms with Crippen LogP contribution in [-0.4, -0.2) is 36.3 Å². The highest BCUT2D eigenvalue weighted by atomic mass is 35.5. The second kappa shape index (κ2) is 9.14. The molecule has 2 amide bonds. The number of anilines is 2. The maximum absolute atomic E-state index is 12.5. The molecule has 24 heavy (non-hydrogen) atoms. The van der Waals surface area contributed by atoms with Crippen molar-refractivity contribution in [3.05, 3.63) is 23.8 Å². The third-order valence-corrected chi connectivity index (χ3v) is 4.34. The van der Waals surface area contributed by atoms with Crippen LogP contribution in [0.1, 0.15) is 43.0 Å². The second-order valence-corrected chi connectivity index (χ2v) is 6.92. The van der Waals surface area contributed by atoms with Crippen molar-refractivity contribution in [2.24, 2.45) is 0 Å². The molecule has 0 radical (unpaired) electrons. The van der Waals surface area contributed by atoms with Gasteiger partial charge in [-0.2, -0.15) is 0 Å². The van der Waals surface area contributed by atoms with E-state index < -0.39 is 10.7 Å². The van der Waals surface area contributed by atoms with Crippen LogP contribution in [0.2, 0.25) is 0 Å². The molecule has 0 aromatic heterocycles. The van der Waals surface area contributed by atoms with Crippen LogP contribution in [0, 0.1) is 0 Å². The van der Waals surface area contributed by atoms with E-state index in [-0.39, 0.29) is 5.91 Å². The number of nitrogens with zero attached hydrogens (tertiary/aromatic N) is 1. The molecule has 2 N–H and O–H groups in total. The molecular formula is C17H23Cl2N3O2. The zero-order valence-corrected chi connectivity index (χ0v) is 15.3. The van der Waals surface area contributed by atoms with Gasteiger partial charge in [-0.15, -0.1) is 0 Å². The highest BCUT2D eigenvalue weighted by Gasteiger charge is 2.20. The molecule has 0 saturated carbocycles. The molecule has 0 bridgehead atoms. The lowest BCUT2D eigenvalue weighted by Crippen LogP contribution is -2.33. The second-order valence-electron chi connectivity index (χ2n) is 5.83. The summed E-state index contributed by atoms with van der Waals surface area (Å²) in [6, 6.07) is 5.33. The van der Waals surface area contributed by atoms with Crippen molar-refractivity contribution >= 4 is 46.4 Å². The number of carbonyl (C=O) groups excluding carboxylic acids is 2. The number of benzene rings is 1. The Hall–Kier alpha value is -1.46. The van der Waals surface area contributed by atoms with E-state index in [2.05, 4.69) is 15.5 Å². The number of carbonyl (C=O) groups is 2. The molecule has 1 fully saturated rings. The maximum Gasteiger partial charge on any atom is 0.257 e. The molecule has 1 aliphatic rings. The number of hydrogen-bond donors (Lipinski definition) is 2. The van der Waals surface area contributed by atoms with E-state index in [1.165, 1.54) is 6.42 Å². The van der Waals surface area contributed by atoms with E-state index in [9.17, 15) is 9.59 Å². The first-order valence-corrected chi connectivity index (χ1v) is 9.16. The standard InChI is InChI=1S/C17H23Cl2N3O2/c1-2-8-20-16(23)13-11-12(21-17(24)15(18)19)6-7-14(13)22-9-4-3-5-10-22/h6-7,11,15H,2-5,8-10H2,1H3,(H,20,23)(H,21,24). The molecule has 1 aromatic carbocycles. The van der Waals surface area contributed by atoms with Crippen LogP contribution in [0.4, 0.5) is 11.4 Å². The average molecular weight is 372 g/mol. The van der Waals surface area contributed by atoms with Gasteiger partial charge < -0.3 is 15.5 Å². The molecule has 1 aliphatic heterocycles. The third kappa shape index (κ3) is 5.02. The predicted molar refractivity (Wildman–Crippen MR) is 99.3 cm³/mol. The summed E-state index contributed by atoms with van der Waals surface area (Å²) in [5, 5.41) is 5.52. The van der Waals surface area contributed by atoms with Gasteiger partial charge in [-0.3, -0.25) is 9.59 Å². The Kier molecular flexibility index (Phi) is 7.18. The first-order valence-electron chi connectivity index (χ1n) is 8.29. The fourth-order valence-electron chi connectivity index (χ4n) is 2.74. The van der Waals surface area contributed by atoms with Gasteiger partial charge in [-0.05, 0) is 43.9 Å². The third-order valence-electron chi connectivity index (χ3n) is 3.94. The van der Waals surface area contributed by atoms with E-state index in [0.717, 1.165) is 38.0 Å². The van der Waals surface area contributed by atoms with Crippen molar-refractivity contribution in [1.29, 1.82) is 0 Å². The average Bonchev–Trinajstić information content (AvgIpc) is 2.60. The Morgan fingerprint density at radius 1 is 1.21 bits per heavy atom. The Balaban J connectivity index is 2.28. The van der Waals surface area contributed by atoms with Gasteiger partial charge in [0.2, 0.25) is 0 Å². The summed E-state index contributed by atoms with van der Waals surface area (Å²) < 4.78 is 0. The van der Waals surface area contributed by atoms with E-state index >= 15 is 0 Å². The van der Waals surface area contributed by atoms with Crippen molar-refractivity contribution in [1.82, 2.24) is 5.32 Å². The van der Waals surface area contributed by atoms with Crippen molar-refractivity contribution in [2.75, 3.05) is 29.9 Å². The van der Waals surface area contributed by atoms with Gasteiger partial charge in [0.25, 0.3) is 11.8 Å². The number of rotatable bonds is 6. The predicted octanol–water partition coefficient (Wildman–Crippen LogP) is 3.56. The molecular weight excluding hydrogens is 349 g/mol. The number of nitrogens with one attached hydrogen (secondary N) is 2. The molecule has 1 saturated heterocycles. The monoisotopic (exact) mass is 371 g/mol. The first kappa shape index (κ1) is 18.9. The SMILES string of the molecule is CCCNC(=O)c1cc(NC(=O)C(Cl)Cl)ccc1N1CCCCC1. The lowest BCUT2D eigenvalue weighted by Gasteiger charge is -2.30. The highest BCUT2D eigenvalue weighted by molar-refractivity contribution is 6.54. The first-order chi connectivity index (χ1) is 11.5. The Bertz CT molecular complexity index is 587. The van der Waals surface area contributed by atoms with Crippen molar-refractivity contribution in [2.45, 2.75) is 37.4 Å². The van der Waals surface area contributed by atoms with E-state index in [0.29, 0.717) is 17.8 Å². The van der Waals surface area contributed by atoms with Gasteiger partial charge in [-0.1, -0.05) is 30.1 Å². The normalized spacial score (nSPS) is 14.6. The quantitative estimate of drug-likeness (QED) is 0.751. The molecule has 0 unspecified atom stereocenters. The smallest absolute Gasteiger partial charge is 0.257 e. The van der Waals surface area contributed by atoms with Crippen LogP contribution in [0.15, 0.2) is 18.2 Å². The Morgan fingerprint density at radius 2 is 1.92 bits per heavy atom. The molecule has 5 nitrogen and oxygen atoms in total. The lowest BCUT2D eigenvalue weighted by atomic mass is 10.1. The number of hydrogen-bond acceptors (Lipinski definition) is 3. The summed E-state index contributed by atoms with van der Waals surface area (Å²) in [4.78, 5) is 25.3. The van der Waals surface area contributed by atoms with Crippen LogP contribution < -0.4 is 15.5 Å². The fourth-order valence-corrected chi connectivity index (χ4v) is 2.85. The molecule has 0 atom stereocenters. The van der Waals surface area contributed by atoms with Gasteiger partial charge in [0, 0.05) is 31.0 Å². The summed E-state index contributed by atoms with van der Waals surface area (Å²) in [7, 11) is 0. The van der Waals surface area contributed by atoms with Gasteiger partial charge in [0.1, 0.15) is 0 Å². The van der Waals surface area contributed by atoms with Crippen LogP contribution in [-0.2, 0) is 4.79 Å². The Morgan fingerprint density at radius 3 is 2.54 bits per heavy atom. The molecule has 2 rings (SSSR count). The summed E-state index contributed by atoms with van der Waals surface area (Å²) in [5.74, 6) is -0.647. The lowest BCUT2D eigenvalue weighted by molar-refractivity contribution is -0.114. The minimum atomic E-state index is -1.15. The summed E-state index contributed by atoms with van der Waals surface area (Å²) in [6.45, 7) is 4.49. The number of amides is 2. The topological polar surface area (TPSA) is 61.4 Å². The molecule has 0 aliphatic carbocycles. The van der Waals surface area contributed by atoms with E-state index in [1.807, 2.05) is 13.0 Å². The zero-order chi connectivity index (χ0) is 17.5. The van der Waals surface area contributed by atoms with Crippen LogP contribution >= 0.6 is 23.2 Å². The largest absolute Gasteiger partial charge is 0.371 e. The van der Waals surface area contributed by atoms with Crippen molar-refractivity contribution in [3.8, 4) is 0 Å². The number of piperidine rings is 1. The highest BCUT2D eigenvalue weighted by Crippen LogP contribution is 2.27. The fraction of sp³-hybridized carbons (Fsp3) is 0.529. The summed E-state index contributed by atoms with van der Waals surface area (Å²) in [6.07, 6.45) is 4.32. The maximum atomic E-state index is 12.5. The van der Waals surface area contributed by atoms with Gasteiger partial charge in [0.15, 0.2) is 4.84 Å². The minimum Gasteiger partial charge on any atom is -0.371 e. The van der Waals surface area contributed by atoms with Crippen molar-refractivity contribution < 1.29 is 9.59 Å². The number of halogens is 2. The van der Waals surface area contributed by atoms with E-state index in [1.54, 1.807) is 12.1 Å². The van der Waals surface area contributed by atoms with Gasteiger partial charge in [0.05, 0.1) is 5.56 Å². The van der Waals surface area contributed by atoms with Crippen LogP contribution in [0.25, 0.3) is 0 Å². The molecule has 7 heteroatoms. The minimum absolute atomic E-state index is 0.137. The number of alkyl halides is 2. The zero-order valence-electron chi connectivity index (χ0n) is 13.8. The molecule has 132 valence electrons. The summed E-state index contributed by atoms with van der Waals surface area (Å²) in [5.41, 5.74) is 1.96. The van der Waals surface area contributed by atoms with E-state index in [4.69, 9.17) is 23.2 Å². The molecule has 0 spiro atoms. The molecule has 1 heterocycles. The Labute approximate surface area is 152 Å². The van der Waals surface area contributed by atoms with Crippen LogP contribution in [0.5, 0.6) is 0 Å².